The minimum Gasteiger partial charge on any atom is -0.493 e. The number of carboxylic acids is 1. The first-order valence-electron chi connectivity index (χ1n) is 6.28. The summed E-state index contributed by atoms with van der Waals surface area (Å²) >= 11 is 0. The van der Waals surface area contributed by atoms with Gasteiger partial charge in [0, 0.05) is 5.56 Å². The predicted molar refractivity (Wildman–Crippen MR) is 71.9 cm³/mol. The van der Waals surface area contributed by atoms with Crippen LogP contribution in [-0.4, -0.2) is 17.7 Å². The van der Waals surface area contributed by atoms with Crippen molar-refractivity contribution in [3.05, 3.63) is 29.8 Å². The molecular formula is C15H19NO3. The SMILES string of the molecule is CC(C)(C#N)CCCOc1ccccc1CC(=O)O. The minimum absolute atomic E-state index is 0.0418. The molecule has 0 aromatic heterocycles. The van der Waals surface area contributed by atoms with Crippen LogP contribution in [0.3, 0.4) is 0 Å². The average Bonchev–Trinajstić information content (AvgIpc) is 2.36. The second-order valence-electron chi connectivity index (χ2n) is 5.13. The predicted octanol–water partition coefficient (Wildman–Crippen LogP) is 3.02. The summed E-state index contributed by atoms with van der Waals surface area (Å²) in [5, 5.41) is 17.7. The van der Waals surface area contributed by atoms with Crippen LogP contribution in [0.15, 0.2) is 24.3 Å². The fourth-order valence-corrected chi connectivity index (χ4v) is 1.71. The average molecular weight is 261 g/mol. The lowest BCUT2D eigenvalue weighted by atomic mass is 9.90. The largest absolute Gasteiger partial charge is 0.493 e. The summed E-state index contributed by atoms with van der Waals surface area (Å²) in [6.45, 7) is 4.28. The molecule has 0 heterocycles. The fraction of sp³-hybridized carbons (Fsp3) is 0.467. The summed E-state index contributed by atoms with van der Waals surface area (Å²) in [6, 6.07) is 9.38. The van der Waals surface area contributed by atoms with E-state index >= 15 is 0 Å². The van der Waals surface area contributed by atoms with E-state index in [1.54, 1.807) is 18.2 Å². The summed E-state index contributed by atoms with van der Waals surface area (Å²) in [7, 11) is 0. The van der Waals surface area contributed by atoms with Crippen molar-refractivity contribution < 1.29 is 14.6 Å². The van der Waals surface area contributed by atoms with Crippen molar-refractivity contribution in [3.63, 3.8) is 0 Å². The number of nitrogens with zero attached hydrogens (tertiary/aromatic N) is 1. The second kappa shape index (κ2) is 6.79. The van der Waals surface area contributed by atoms with Crippen LogP contribution in [0.1, 0.15) is 32.3 Å². The lowest BCUT2D eigenvalue weighted by Crippen LogP contribution is -2.11. The number of carboxylic acid groups (broad SMARTS) is 1. The first kappa shape index (κ1) is 15.0. The zero-order valence-corrected chi connectivity index (χ0v) is 11.3. The van der Waals surface area contributed by atoms with E-state index < -0.39 is 5.97 Å². The van der Waals surface area contributed by atoms with Gasteiger partial charge in [0.2, 0.25) is 0 Å². The van der Waals surface area contributed by atoms with Crippen molar-refractivity contribution in [2.45, 2.75) is 33.1 Å². The molecule has 0 bridgehead atoms. The van der Waals surface area contributed by atoms with Gasteiger partial charge in [-0.2, -0.15) is 5.26 Å². The van der Waals surface area contributed by atoms with Crippen LogP contribution in [0.5, 0.6) is 5.75 Å². The molecule has 0 atom stereocenters. The number of benzene rings is 1. The van der Waals surface area contributed by atoms with E-state index in [1.807, 2.05) is 19.9 Å². The van der Waals surface area contributed by atoms with Gasteiger partial charge in [-0.25, -0.2) is 0 Å². The molecule has 1 aromatic rings. The Morgan fingerprint density at radius 2 is 2.11 bits per heavy atom. The summed E-state index contributed by atoms with van der Waals surface area (Å²) < 4.78 is 5.61. The highest BCUT2D eigenvalue weighted by molar-refractivity contribution is 5.71. The minimum atomic E-state index is -0.873. The Labute approximate surface area is 113 Å². The van der Waals surface area contributed by atoms with Gasteiger partial charge in [0.1, 0.15) is 5.75 Å². The quantitative estimate of drug-likeness (QED) is 0.766. The van der Waals surface area contributed by atoms with E-state index in [0.717, 1.165) is 12.8 Å². The normalized spacial score (nSPS) is 10.8. The number of para-hydroxylation sites is 1. The third-order valence-corrected chi connectivity index (χ3v) is 2.82. The summed E-state index contributed by atoms with van der Waals surface area (Å²) in [5.74, 6) is -0.263. The Morgan fingerprint density at radius 1 is 1.42 bits per heavy atom. The maximum absolute atomic E-state index is 10.7. The first-order chi connectivity index (χ1) is 8.94. The van der Waals surface area contributed by atoms with Crippen molar-refractivity contribution in [1.29, 1.82) is 5.26 Å². The van der Waals surface area contributed by atoms with E-state index in [0.29, 0.717) is 17.9 Å². The third kappa shape index (κ3) is 5.43. The lowest BCUT2D eigenvalue weighted by Gasteiger charge is -2.15. The number of aliphatic carboxylic acids is 1. The van der Waals surface area contributed by atoms with Crippen molar-refractivity contribution in [1.82, 2.24) is 0 Å². The molecular weight excluding hydrogens is 242 g/mol. The summed E-state index contributed by atoms with van der Waals surface area (Å²) in [4.78, 5) is 10.7. The standard InChI is InChI=1S/C15H19NO3/c1-15(2,11-16)8-5-9-19-13-7-4-3-6-12(13)10-14(17)18/h3-4,6-7H,5,8-10H2,1-2H3,(H,17,18). The summed E-state index contributed by atoms with van der Waals surface area (Å²) in [6.07, 6.45) is 1.48. The maximum atomic E-state index is 10.7. The van der Waals surface area contributed by atoms with E-state index in [2.05, 4.69) is 6.07 Å². The molecule has 0 amide bonds. The molecule has 102 valence electrons. The molecule has 1 N–H and O–H groups in total. The fourth-order valence-electron chi connectivity index (χ4n) is 1.71. The molecule has 0 saturated heterocycles. The van der Waals surface area contributed by atoms with Crippen LogP contribution in [0.2, 0.25) is 0 Å². The Kier molecular flexibility index (Phi) is 5.37. The van der Waals surface area contributed by atoms with E-state index in [9.17, 15) is 4.79 Å². The van der Waals surface area contributed by atoms with Crippen LogP contribution in [-0.2, 0) is 11.2 Å². The van der Waals surface area contributed by atoms with Crippen LogP contribution < -0.4 is 4.74 Å². The molecule has 0 saturated carbocycles. The van der Waals surface area contributed by atoms with Gasteiger partial charge in [0.15, 0.2) is 0 Å². The third-order valence-electron chi connectivity index (χ3n) is 2.82. The van der Waals surface area contributed by atoms with E-state index in [-0.39, 0.29) is 11.8 Å². The topological polar surface area (TPSA) is 70.3 Å². The van der Waals surface area contributed by atoms with Crippen LogP contribution in [0.4, 0.5) is 0 Å². The van der Waals surface area contributed by atoms with Crippen LogP contribution in [0.25, 0.3) is 0 Å². The molecule has 19 heavy (non-hydrogen) atoms. The van der Waals surface area contributed by atoms with Crippen molar-refractivity contribution in [2.75, 3.05) is 6.61 Å². The highest BCUT2D eigenvalue weighted by Crippen LogP contribution is 2.22. The van der Waals surface area contributed by atoms with Gasteiger partial charge in [0.05, 0.1) is 24.5 Å². The number of ether oxygens (including phenoxy) is 1. The Morgan fingerprint density at radius 3 is 2.74 bits per heavy atom. The van der Waals surface area contributed by atoms with Gasteiger partial charge in [0.25, 0.3) is 0 Å². The van der Waals surface area contributed by atoms with Gasteiger partial charge in [-0.05, 0) is 32.8 Å². The smallest absolute Gasteiger partial charge is 0.307 e. The Hall–Kier alpha value is -2.02. The van der Waals surface area contributed by atoms with Crippen molar-refractivity contribution in [3.8, 4) is 11.8 Å². The molecule has 1 aromatic carbocycles. The van der Waals surface area contributed by atoms with E-state index in [1.165, 1.54) is 0 Å². The molecule has 4 nitrogen and oxygen atoms in total. The van der Waals surface area contributed by atoms with Gasteiger partial charge in [-0.3, -0.25) is 4.79 Å². The number of nitriles is 1. The number of carbonyl (C=O) groups is 1. The highest BCUT2D eigenvalue weighted by atomic mass is 16.5. The Balaban J connectivity index is 2.50. The number of hydrogen-bond acceptors (Lipinski definition) is 3. The monoisotopic (exact) mass is 261 g/mol. The molecule has 0 fully saturated rings. The molecule has 0 spiro atoms. The lowest BCUT2D eigenvalue weighted by molar-refractivity contribution is -0.136. The zero-order valence-electron chi connectivity index (χ0n) is 11.3. The molecule has 0 radical (unpaired) electrons. The molecule has 0 unspecified atom stereocenters. The molecule has 0 aliphatic heterocycles. The van der Waals surface area contributed by atoms with Crippen LogP contribution >= 0.6 is 0 Å². The molecule has 4 heteroatoms. The van der Waals surface area contributed by atoms with Crippen molar-refractivity contribution >= 4 is 5.97 Å². The molecule has 0 aliphatic rings. The summed E-state index contributed by atoms with van der Waals surface area (Å²) in [5.41, 5.74) is 0.332. The second-order valence-corrected chi connectivity index (χ2v) is 5.13. The van der Waals surface area contributed by atoms with E-state index in [4.69, 9.17) is 15.1 Å². The maximum Gasteiger partial charge on any atom is 0.307 e. The highest BCUT2D eigenvalue weighted by Gasteiger charge is 2.16. The van der Waals surface area contributed by atoms with Crippen molar-refractivity contribution in [2.24, 2.45) is 5.41 Å². The van der Waals surface area contributed by atoms with Gasteiger partial charge in [-0.15, -0.1) is 0 Å². The van der Waals surface area contributed by atoms with Gasteiger partial charge < -0.3 is 9.84 Å². The zero-order chi connectivity index (χ0) is 14.3. The number of hydrogen-bond donors (Lipinski definition) is 1. The molecule has 1 rings (SSSR count). The number of rotatable bonds is 7. The van der Waals surface area contributed by atoms with Gasteiger partial charge in [-0.1, -0.05) is 18.2 Å². The first-order valence-corrected chi connectivity index (χ1v) is 6.28. The molecule has 0 aliphatic carbocycles. The van der Waals surface area contributed by atoms with Gasteiger partial charge >= 0.3 is 5.97 Å². The van der Waals surface area contributed by atoms with Crippen LogP contribution in [0, 0.1) is 16.7 Å². The Bertz CT molecular complexity index is 475.